The molecule has 0 amide bonds. The van der Waals surface area contributed by atoms with Gasteiger partial charge in [0.2, 0.25) is 5.43 Å². The summed E-state index contributed by atoms with van der Waals surface area (Å²) < 4.78 is 57.9. The van der Waals surface area contributed by atoms with E-state index in [-0.39, 0.29) is 48.8 Å². The Morgan fingerprint density at radius 1 is 0.947 bits per heavy atom. The Hall–Kier alpha value is -4.33. The first kappa shape index (κ1) is 61.5. The van der Waals surface area contributed by atoms with E-state index in [4.69, 9.17) is 42.6 Å². The Kier molecular flexibility index (Phi) is 21.6. The molecule has 0 aliphatic carbocycles. The van der Waals surface area contributed by atoms with Crippen LogP contribution in [0.15, 0.2) is 29.2 Å². The average Bonchev–Trinajstić information content (AvgIpc) is 3.35. The SMILES string of the molecule is CC[C@H]1OC(=O)[C@H](C)[C@@H](O[C@H]2C[C@@H](OC)[C@@H](OC(=O)CCNCCCOc3ccc4c(=O)c(C(=O)O)cn(N(C)C)c4c3)[C@H](C)O2)[C@H](C)[C@@H](O[C@@H]2O[C@H](C)C[C@H](N(C)C)[C@H]2O)[C@](C)(OC)C[C@@H](C)C(=O)[C@@H](O)[C@]1(C)O. The summed E-state index contributed by atoms with van der Waals surface area (Å²) in [6.45, 7) is 14.4. The van der Waals surface area contributed by atoms with Crippen molar-refractivity contribution in [3.8, 4) is 5.75 Å². The summed E-state index contributed by atoms with van der Waals surface area (Å²) in [6.07, 6.45) is -8.79. The fourth-order valence-electron chi connectivity index (χ4n) is 10.7. The number of nitrogens with one attached hydrogen (secondary N) is 1. The molecule has 5 N–H and O–H groups in total. The largest absolute Gasteiger partial charge is 0.493 e. The second kappa shape index (κ2) is 26.3. The lowest BCUT2D eigenvalue weighted by Gasteiger charge is -2.48. The monoisotopic (exact) mass is 1060 g/mol. The molecule has 1 aromatic heterocycles. The number of hydrogen-bond acceptors (Lipinski definition) is 20. The van der Waals surface area contributed by atoms with Gasteiger partial charge in [-0.25, -0.2) is 4.79 Å². The lowest BCUT2D eigenvalue weighted by molar-refractivity contribution is -0.313. The number of aliphatic hydroxyl groups is 3. The number of methoxy groups -OCH3 is 2. The van der Waals surface area contributed by atoms with Crippen molar-refractivity contribution in [2.45, 2.75) is 179 Å². The molecule has 424 valence electrons. The first-order valence-corrected chi connectivity index (χ1v) is 26.0. The molecule has 0 spiro atoms. The third-order valence-electron chi connectivity index (χ3n) is 15.2. The van der Waals surface area contributed by atoms with Crippen molar-refractivity contribution in [3.05, 3.63) is 40.2 Å². The van der Waals surface area contributed by atoms with E-state index in [2.05, 4.69) is 5.32 Å². The molecule has 22 nitrogen and oxygen atoms in total. The van der Waals surface area contributed by atoms with Gasteiger partial charge >= 0.3 is 17.9 Å². The minimum atomic E-state index is -2.17. The van der Waals surface area contributed by atoms with Crippen LogP contribution in [0.5, 0.6) is 5.75 Å². The first-order valence-electron chi connectivity index (χ1n) is 26.0. The number of ketones is 1. The number of carbonyl (C=O) groups is 4. The minimum Gasteiger partial charge on any atom is -0.493 e. The normalized spacial score (nSPS) is 35.3. The van der Waals surface area contributed by atoms with Crippen molar-refractivity contribution in [3.63, 3.8) is 0 Å². The van der Waals surface area contributed by atoms with Crippen molar-refractivity contribution >= 4 is 34.6 Å². The molecule has 4 heterocycles. The molecular formula is C53H84N4O18. The fourth-order valence-corrected chi connectivity index (χ4v) is 10.7. The summed E-state index contributed by atoms with van der Waals surface area (Å²) in [7, 11) is 10.1. The molecule has 2 aromatic rings. The number of esters is 2. The second-order valence-corrected chi connectivity index (χ2v) is 21.3. The number of cyclic esters (lactones) is 1. The quantitative estimate of drug-likeness (QED) is 0.0999. The molecule has 1 aromatic carbocycles. The smallest absolute Gasteiger partial charge is 0.341 e. The van der Waals surface area contributed by atoms with E-state index in [1.807, 2.05) is 25.9 Å². The van der Waals surface area contributed by atoms with Crippen LogP contribution in [0.4, 0.5) is 0 Å². The minimum absolute atomic E-state index is 0.0257. The summed E-state index contributed by atoms with van der Waals surface area (Å²) in [5, 5.41) is 49.4. The highest BCUT2D eigenvalue weighted by molar-refractivity contribution is 5.93. The number of likely N-dealkylation sites (N-methyl/N-ethyl adjacent to an activating group) is 1. The summed E-state index contributed by atoms with van der Waals surface area (Å²) in [6, 6.07) is 4.50. The molecule has 0 bridgehead atoms. The number of aromatic carboxylic acids is 1. The van der Waals surface area contributed by atoms with E-state index < -0.39 is 119 Å². The highest BCUT2D eigenvalue weighted by Gasteiger charge is 2.54. The van der Waals surface area contributed by atoms with Gasteiger partial charge in [-0.1, -0.05) is 20.8 Å². The molecule has 3 fully saturated rings. The van der Waals surface area contributed by atoms with Crippen molar-refractivity contribution in [1.82, 2.24) is 14.9 Å². The van der Waals surface area contributed by atoms with E-state index in [1.165, 1.54) is 27.3 Å². The number of aliphatic hydroxyl groups excluding tert-OH is 2. The summed E-state index contributed by atoms with van der Waals surface area (Å²) in [5.41, 5.74) is -3.97. The van der Waals surface area contributed by atoms with Crippen LogP contribution in [0.3, 0.4) is 0 Å². The van der Waals surface area contributed by atoms with Crippen molar-refractivity contribution in [2.75, 3.05) is 67.1 Å². The number of hydrogen-bond donors (Lipinski definition) is 5. The van der Waals surface area contributed by atoms with Gasteiger partial charge in [0.1, 0.15) is 41.3 Å². The number of rotatable bonds is 19. The van der Waals surface area contributed by atoms with Gasteiger partial charge in [0.15, 0.2) is 24.5 Å². The molecule has 3 saturated heterocycles. The summed E-state index contributed by atoms with van der Waals surface area (Å²) in [5.74, 6) is -5.60. The Morgan fingerprint density at radius 2 is 1.64 bits per heavy atom. The van der Waals surface area contributed by atoms with Crippen LogP contribution < -0.4 is 20.5 Å². The molecular weight excluding hydrogens is 981 g/mol. The van der Waals surface area contributed by atoms with Crippen LogP contribution in [0.1, 0.15) is 104 Å². The van der Waals surface area contributed by atoms with Gasteiger partial charge in [0, 0.05) is 76.8 Å². The number of ether oxygens (including phenoxy) is 9. The molecule has 0 radical (unpaired) electrons. The fraction of sp³-hybridized carbons (Fsp3) is 0.755. The zero-order chi connectivity index (χ0) is 55.9. The van der Waals surface area contributed by atoms with Gasteiger partial charge in [-0.2, -0.15) is 0 Å². The summed E-state index contributed by atoms with van der Waals surface area (Å²) in [4.78, 5) is 68.0. The Balaban J connectivity index is 1.28. The van der Waals surface area contributed by atoms with Gasteiger partial charge in [0.25, 0.3) is 0 Å². The molecule has 3 aliphatic rings. The number of Topliss-reactive ketones (excluding diaryl/α,β-unsaturated/α-hetero) is 1. The molecule has 75 heavy (non-hydrogen) atoms. The highest BCUT2D eigenvalue weighted by Crippen LogP contribution is 2.41. The summed E-state index contributed by atoms with van der Waals surface area (Å²) >= 11 is 0. The predicted octanol–water partition coefficient (Wildman–Crippen LogP) is 2.62. The van der Waals surface area contributed by atoms with Gasteiger partial charge in [-0.3, -0.25) is 23.9 Å². The van der Waals surface area contributed by atoms with Gasteiger partial charge in [-0.15, -0.1) is 0 Å². The number of nitrogens with zero attached hydrogens (tertiary/aromatic N) is 3. The number of carboxylic acid groups (broad SMARTS) is 1. The molecule has 0 saturated carbocycles. The van der Waals surface area contributed by atoms with Crippen LogP contribution >= 0.6 is 0 Å². The lowest BCUT2D eigenvalue weighted by Crippen LogP contribution is -2.60. The molecule has 3 aliphatic heterocycles. The zero-order valence-corrected chi connectivity index (χ0v) is 46.2. The van der Waals surface area contributed by atoms with Gasteiger partial charge in [0.05, 0.1) is 54.5 Å². The third kappa shape index (κ3) is 14.4. The number of pyridine rings is 1. The number of fused-ring (bicyclic) bond motifs is 1. The lowest BCUT2D eigenvalue weighted by atomic mass is 9.75. The zero-order valence-electron chi connectivity index (χ0n) is 46.2. The third-order valence-corrected chi connectivity index (χ3v) is 15.2. The van der Waals surface area contributed by atoms with E-state index in [9.17, 15) is 44.4 Å². The molecule has 5 rings (SSSR count). The van der Waals surface area contributed by atoms with Crippen LogP contribution in [-0.2, 0) is 52.3 Å². The maximum Gasteiger partial charge on any atom is 0.341 e. The molecule has 17 atom stereocenters. The number of aromatic nitrogens is 1. The first-order chi connectivity index (χ1) is 35.2. The molecule has 0 unspecified atom stereocenters. The van der Waals surface area contributed by atoms with Crippen molar-refractivity contribution in [2.24, 2.45) is 17.8 Å². The maximum atomic E-state index is 14.4. The van der Waals surface area contributed by atoms with Crippen LogP contribution in [0.2, 0.25) is 0 Å². The number of benzene rings is 1. The van der Waals surface area contributed by atoms with Crippen molar-refractivity contribution in [1.29, 1.82) is 0 Å². The van der Waals surface area contributed by atoms with Gasteiger partial charge in [-0.05, 0) is 93.1 Å². The van der Waals surface area contributed by atoms with E-state index in [1.54, 1.807) is 83.5 Å². The Bertz CT molecular complexity index is 2310. The van der Waals surface area contributed by atoms with Crippen LogP contribution in [0, 0.1) is 17.8 Å². The van der Waals surface area contributed by atoms with E-state index >= 15 is 0 Å². The van der Waals surface area contributed by atoms with E-state index in [0.717, 1.165) is 0 Å². The number of carboxylic acids is 1. The standard InChI is InChI=1S/C53H84N4O18/c1-15-39-53(8,66)47(62)42(59)28(2)26-52(7,68-14)48(75-51-44(61)37(55(9)10)23-29(3)70-51)30(4)45(31(5)50(65)72-39)74-41-25-38(67-13)46(32(6)71-41)73-40(58)19-21-54-20-16-22-69-33-17-18-34-36(24-33)57(56(11)12)27-35(43(34)60)49(63)64/h17-18,24,27-32,37-39,41,44-48,51,54,61-62,66H,15-16,19-23,25-26H2,1-14H3,(H,63,64)/t28-,29-,30+,31-,32+,37+,38-,39-,41+,44-,45+,46+,47-,48-,51+,52-,53-/m1/s1. The Morgan fingerprint density at radius 3 is 2.25 bits per heavy atom. The van der Waals surface area contributed by atoms with E-state index in [0.29, 0.717) is 43.8 Å². The highest BCUT2D eigenvalue weighted by atomic mass is 16.7. The number of carbonyl (C=O) groups excluding carboxylic acids is 3. The molecule has 22 heteroatoms. The van der Waals surface area contributed by atoms with Crippen LogP contribution in [-0.4, -0.2) is 201 Å². The second-order valence-electron chi connectivity index (χ2n) is 21.3. The maximum absolute atomic E-state index is 14.4. The van der Waals surface area contributed by atoms with Crippen molar-refractivity contribution < 1.29 is 82.2 Å². The van der Waals surface area contributed by atoms with Gasteiger partial charge < -0.3 is 78.3 Å². The van der Waals surface area contributed by atoms with Crippen LogP contribution in [0.25, 0.3) is 10.9 Å². The Labute approximate surface area is 440 Å². The average molecular weight is 1070 g/mol. The predicted molar refractivity (Wildman–Crippen MR) is 274 cm³/mol. The topological polar surface area (TPSA) is 273 Å².